The van der Waals surface area contributed by atoms with Gasteiger partial charge in [0, 0.05) is 48.2 Å². The van der Waals surface area contributed by atoms with Crippen molar-refractivity contribution in [3.63, 3.8) is 0 Å². The number of ether oxygens (including phenoxy) is 4. The van der Waals surface area contributed by atoms with Crippen LogP contribution in [0.4, 0.5) is 0 Å². The molecule has 0 aliphatic heterocycles. The predicted octanol–water partition coefficient (Wildman–Crippen LogP) is 7.73. The number of aromatic nitrogens is 2. The highest BCUT2D eigenvalue weighted by atomic mass is 31.2. The van der Waals surface area contributed by atoms with Crippen molar-refractivity contribution in [2.75, 3.05) is 40.5 Å². The van der Waals surface area contributed by atoms with E-state index in [1.807, 2.05) is 111 Å². The maximum Gasteiger partial charge on any atom is 0.338 e. The molecule has 0 N–H and O–H groups in total. The van der Waals surface area contributed by atoms with E-state index < -0.39 is 36.2 Å². The van der Waals surface area contributed by atoms with Crippen molar-refractivity contribution in [3.8, 4) is 17.6 Å². The number of nitrogens with zero attached hydrogens (tertiary/aromatic N) is 4. The monoisotopic (exact) mass is 834 g/mol. The van der Waals surface area contributed by atoms with Gasteiger partial charge >= 0.3 is 5.69 Å². The molecule has 0 amide bonds. The average Bonchev–Trinajstić information content (AvgIpc) is 3.27. The van der Waals surface area contributed by atoms with Crippen molar-refractivity contribution in [1.82, 2.24) is 13.8 Å². The molecule has 5 rings (SSSR count). The summed E-state index contributed by atoms with van der Waals surface area (Å²) in [4.78, 5) is 40.3. The molecule has 316 valence electrons. The summed E-state index contributed by atoms with van der Waals surface area (Å²) >= 11 is 0. The summed E-state index contributed by atoms with van der Waals surface area (Å²) in [5.41, 5.74) is -0.255. The van der Waals surface area contributed by atoms with Crippen LogP contribution in [0.3, 0.4) is 0 Å². The van der Waals surface area contributed by atoms with E-state index in [-0.39, 0.29) is 61.7 Å². The third kappa shape index (κ3) is 9.89. The molecule has 0 saturated carbocycles. The lowest BCUT2D eigenvalue weighted by molar-refractivity contribution is -0.0705. The Bertz CT molecular complexity index is 2330. The summed E-state index contributed by atoms with van der Waals surface area (Å²) in [6.45, 7) is 9.60. The molecule has 0 fully saturated rings. The highest BCUT2D eigenvalue weighted by Gasteiger charge is 2.41. The fourth-order valence-electron chi connectivity index (χ4n) is 7.59. The topological polar surface area (TPSA) is 142 Å². The lowest BCUT2D eigenvalue weighted by Gasteiger charge is -2.40. The molecule has 4 aromatic carbocycles. The molecule has 0 radical (unpaired) electrons. The van der Waals surface area contributed by atoms with Crippen LogP contribution in [0.25, 0.3) is 0 Å². The molecule has 0 bridgehead atoms. The largest absolute Gasteiger partial charge is 0.497 e. The molecule has 0 aliphatic rings. The van der Waals surface area contributed by atoms with Crippen LogP contribution in [-0.4, -0.2) is 77.7 Å². The molecule has 60 heavy (non-hydrogen) atoms. The van der Waals surface area contributed by atoms with E-state index in [0.29, 0.717) is 16.1 Å². The van der Waals surface area contributed by atoms with Crippen LogP contribution in [0.2, 0.25) is 0 Å². The van der Waals surface area contributed by atoms with E-state index in [9.17, 15) is 24.2 Å². The molecule has 5 aromatic rings. The van der Waals surface area contributed by atoms with Crippen LogP contribution in [0.15, 0.2) is 125 Å². The number of methoxy groups -OCH3 is 2. The Morgan fingerprint density at radius 2 is 1.32 bits per heavy atom. The van der Waals surface area contributed by atoms with Gasteiger partial charge in [-0.15, -0.1) is 0 Å². The highest BCUT2D eigenvalue weighted by Crippen LogP contribution is 2.58. The molecule has 12 nitrogen and oxygen atoms in total. The number of benzene rings is 4. The van der Waals surface area contributed by atoms with Gasteiger partial charge in [0.1, 0.15) is 17.1 Å². The van der Waals surface area contributed by atoms with Gasteiger partial charge < -0.3 is 23.5 Å². The molecule has 1 atom stereocenters. The van der Waals surface area contributed by atoms with Crippen LogP contribution in [0.5, 0.6) is 11.5 Å². The number of nitriles is 1. The number of carbonyl (C=O) groups is 1. The van der Waals surface area contributed by atoms with Gasteiger partial charge in [0.2, 0.25) is 0 Å². The second-order valence-electron chi connectivity index (χ2n) is 15.1. The molecular weight excluding hydrogens is 780 g/mol. The van der Waals surface area contributed by atoms with Crippen molar-refractivity contribution >= 4 is 13.2 Å². The Labute approximate surface area is 352 Å². The van der Waals surface area contributed by atoms with Crippen LogP contribution in [-0.2, 0) is 26.2 Å². The van der Waals surface area contributed by atoms with E-state index in [1.165, 1.54) is 10.8 Å². The van der Waals surface area contributed by atoms with E-state index in [2.05, 4.69) is 6.07 Å². The Morgan fingerprint density at radius 1 is 0.800 bits per heavy atom. The van der Waals surface area contributed by atoms with Crippen LogP contribution >= 0.6 is 7.29 Å². The van der Waals surface area contributed by atoms with E-state index in [1.54, 1.807) is 51.5 Å². The first kappa shape index (κ1) is 45.5. The van der Waals surface area contributed by atoms with Crippen LogP contribution in [0.1, 0.15) is 66.7 Å². The van der Waals surface area contributed by atoms with E-state index in [0.717, 1.165) is 16.7 Å². The molecule has 13 heteroatoms. The van der Waals surface area contributed by atoms with Gasteiger partial charge in [0.25, 0.3) is 11.5 Å². The fourth-order valence-corrected chi connectivity index (χ4v) is 10.9. The summed E-state index contributed by atoms with van der Waals surface area (Å²) in [5.74, 6) is 0.617. The molecule has 0 aliphatic carbocycles. The van der Waals surface area contributed by atoms with Gasteiger partial charge in [-0.05, 0) is 60.0 Å². The van der Waals surface area contributed by atoms with Gasteiger partial charge in [-0.25, -0.2) is 9.46 Å². The summed E-state index contributed by atoms with van der Waals surface area (Å²) in [6, 6.07) is 35.5. The Balaban J connectivity index is 1.59. The standard InChI is InChI=1S/C47H55N4O8P/c1-34(2)60(55,35(3)4)50(28-14-27-48)32-43(58-30-29-49-31-36(5)44(52)51(46(49)54)45(53)37-15-10-8-11-16-37)33-59-47(38-17-12-9-13-18-38,39-19-23-41(56-6)24-20-39)40-21-25-42(57-7)26-22-40/h8-13,15-26,31,34-35,43H,14,28-30,32-33H2,1-7H3/t43-/m0/s1. The van der Waals surface area contributed by atoms with Gasteiger partial charge in [0.05, 0.1) is 46.2 Å². The fraction of sp³-hybridized carbons (Fsp3) is 0.362. The van der Waals surface area contributed by atoms with E-state index >= 15 is 0 Å². The van der Waals surface area contributed by atoms with Gasteiger partial charge in [-0.3, -0.25) is 14.2 Å². The zero-order chi connectivity index (χ0) is 43.5. The second-order valence-corrected chi connectivity index (χ2v) is 19.1. The minimum atomic E-state index is -3.08. The molecule has 1 heterocycles. The molecule has 0 unspecified atom stereocenters. The minimum Gasteiger partial charge on any atom is -0.497 e. The van der Waals surface area contributed by atoms with Crippen molar-refractivity contribution in [2.24, 2.45) is 0 Å². The summed E-state index contributed by atoms with van der Waals surface area (Å²) in [5, 5.41) is 9.70. The van der Waals surface area contributed by atoms with Gasteiger partial charge in [-0.1, -0.05) is 100 Å². The summed E-state index contributed by atoms with van der Waals surface area (Å²) < 4.78 is 43.7. The zero-order valence-electron chi connectivity index (χ0n) is 35.4. The molecular formula is C47H55N4O8P. The molecule has 1 aromatic heterocycles. The predicted molar refractivity (Wildman–Crippen MR) is 234 cm³/mol. The number of rotatable bonds is 20. The maximum absolute atomic E-state index is 15.0. The lowest BCUT2D eigenvalue weighted by Crippen LogP contribution is -2.45. The average molecular weight is 835 g/mol. The maximum atomic E-state index is 15.0. The van der Waals surface area contributed by atoms with Gasteiger partial charge in [0.15, 0.2) is 7.29 Å². The number of aryl methyl sites for hydroxylation is 1. The number of carbonyl (C=O) groups excluding carboxylic acids is 1. The zero-order valence-corrected chi connectivity index (χ0v) is 36.3. The normalized spacial score (nSPS) is 12.4. The van der Waals surface area contributed by atoms with Gasteiger partial charge in [-0.2, -0.15) is 9.83 Å². The first-order valence-corrected chi connectivity index (χ1v) is 21.9. The van der Waals surface area contributed by atoms with Crippen molar-refractivity contribution in [2.45, 2.75) is 70.6 Å². The lowest BCUT2D eigenvalue weighted by atomic mass is 9.80. The second kappa shape index (κ2) is 20.6. The summed E-state index contributed by atoms with van der Waals surface area (Å²) in [7, 11) is 0.135. The third-order valence-corrected chi connectivity index (χ3v) is 14.9. The number of hydrogen-bond donors (Lipinski definition) is 0. The molecule has 0 spiro atoms. The third-order valence-electron chi connectivity index (χ3n) is 10.7. The molecule has 0 saturated heterocycles. The first-order valence-electron chi connectivity index (χ1n) is 20.1. The SMILES string of the molecule is COc1ccc(C(OC[C@H](CN(CCC#N)P(=O)(C(C)C)C(C)C)OCCn2cc(C)c(=O)n(C(=O)c3ccccc3)c2=O)(c2ccccc2)c2ccc(OC)cc2)cc1. The van der Waals surface area contributed by atoms with Crippen molar-refractivity contribution in [1.29, 1.82) is 5.26 Å². The Hall–Kier alpha value is -5.57. The highest BCUT2D eigenvalue weighted by molar-refractivity contribution is 7.62. The summed E-state index contributed by atoms with van der Waals surface area (Å²) in [6.07, 6.45) is 0.823. The number of hydrogen-bond acceptors (Lipinski definition) is 9. The van der Waals surface area contributed by atoms with E-state index in [4.69, 9.17) is 18.9 Å². The first-order chi connectivity index (χ1) is 28.8. The quantitative estimate of drug-likeness (QED) is 0.0565. The smallest absolute Gasteiger partial charge is 0.338 e. The van der Waals surface area contributed by atoms with Crippen LogP contribution in [0, 0.1) is 18.3 Å². The Kier molecular flexibility index (Phi) is 15.6. The minimum absolute atomic E-state index is 0.0104. The van der Waals surface area contributed by atoms with Crippen molar-refractivity contribution in [3.05, 3.63) is 164 Å². The van der Waals surface area contributed by atoms with Crippen molar-refractivity contribution < 1.29 is 28.3 Å². The van der Waals surface area contributed by atoms with Crippen LogP contribution < -0.4 is 20.7 Å². The Morgan fingerprint density at radius 3 is 1.82 bits per heavy atom.